The van der Waals surface area contributed by atoms with Crippen molar-refractivity contribution >= 4 is 10.1 Å². The number of allylic oxidation sites excluding steroid dienone is 4. The first kappa shape index (κ1) is 18.4. The molecule has 5 heteroatoms. The van der Waals surface area contributed by atoms with Crippen LogP contribution in [0.5, 0.6) is 0 Å². The lowest BCUT2D eigenvalue weighted by Gasteiger charge is -2.28. The van der Waals surface area contributed by atoms with Crippen LogP contribution in [0.3, 0.4) is 0 Å². The molecule has 0 spiro atoms. The average Bonchev–Trinajstić information content (AvgIpc) is 2.41. The van der Waals surface area contributed by atoms with E-state index in [9.17, 15) is 8.42 Å². The first-order valence-electron chi connectivity index (χ1n) is 7.78. The monoisotopic (exact) mass is 316 g/mol. The van der Waals surface area contributed by atoms with Crippen LogP contribution in [0.2, 0.25) is 0 Å². The van der Waals surface area contributed by atoms with E-state index in [4.69, 9.17) is 8.92 Å². The summed E-state index contributed by atoms with van der Waals surface area (Å²) in [5.74, 6) is 0. The van der Waals surface area contributed by atoms with Crippen molar-refractivity contribution in [3.63, 3.8) is 0 Å². The zero-order chi connectivity index (χ0) is 15.9. The Bertz CT molecular complexity index is 465. The van der Waals surface area contributed by atoms with Crippen molar-refractivity contribution in [2.75, 3.05) is 6.61 Å². The summed E-state index contributed by atoms with van der Waals surface area (Å²) in [5, 5.41) is 0. The lowest BCUT2D eigenvalue weighted by molar-refractivity contribution is 0.0103. The Morgan fingerprint density at radius 1 is 1.05 bits per heavy atom. The molecule has 1 aliphatic rings. The molecule has 0 aromatic carbocycles. The van der Waals surface area contributed by atoms with Crippen molar-refractivity contribution in [3.8, 4) is 0 Å². The lowest BCUT2D eigenvalue weighted by Crippen LogP contribution is -2.28. The fourth-order valence-corrected chi connectivity index (χ4v) is 3.67. The van der Waals surface area contributed by atoms with Crippen LogP contribution in [-0.4, -0.2) is 27.2 Å². The van der Waals surface area contributed by atoms with Gasteiger partial charge in [-0.15, -0.1) is 0 Å². The maximum Gasteiger partial charge on any atom is 0.293 e. The molecule has 0 aromatic heterocycles. The molecule has 0 bridgehead atoms. The minimum atomic E-state index is -3.62. The van der Waals surface area contributed by atoms with Crippen LogP contribution >= 0.6 is 0 Å². The van der Waals surface area contributed by atoms with Crippen molar-refractivity contribution < 1.29 is 17.3 Å². The first-order valence-corrected chi connectivity index (χ1v) is 9.18. The second kappa shape index (κ2) is 8.71. The molecule has 1 aliphatic carbocycles. The van der Waals surface area contributed by atoms with Gasteiger partial charge in [-0.05, 0) is 59.0 Å². The van der Waals surface area contributed by atoms with E-state index in [1.165, 1.54) is 0 Å². The first-order chi connectivity index (χ1) is 9.89. The van der Waals surface area contributed by atoms with Gasteiger partial charge in [0, 0.05) is 6.61 Å². The largest absolute Gasteiger partial charge is 0.379 e. The summed E-state index contributed by atoms with van der Waals surface area (Å²) in [6.07, 6.45) is 7.16. The van der Waals surface area contributed by atoms with Gasteiger partial charge in [0.25, 0.3) is 10.1 Å². The van der Waals surface area contributed by atoms with Gasteiger partial charge < -0.3 is 4.74 Å². The molecule has 21 heavy (non-hydrogen) atoms. The normalized spacial score (nSPS) is 23.9. The fourth-order valence-electron chi connectivity index (χ4n) is 2.41. The molecule has 0 unspecified atom stereocenters. The lowest BCUT2D eigenvalue weighted by atomic mass is 9.95. The van der Waals surface area contributed by atoms with Gasteiger partial charge in [0.2, 0.25) is 0 Å². The minimum Gasteiger partial charge on any atom is -0.379 e. The zero-order valence-electron chi connectivity index (χ0n) is 13.6. The third kappa shape index (κ3) is 6.32. The van der Waals surface area contributed by atoms with Gasteiger partial charge in [-0.25, -0.2) is 0 Å². The Balaban J connectivity index is 2.64. The van der Waals surface area contributed by atoms with E-state index in [1.807, 2.05) is 33.8 Å². The Morgan fingerprint density at radius 2 is 1.62 bits per heavy atom. The highest BCUT2D eigenvalue weighted by Gasteiger charge is 2.27. The summed E-state index contributed by atoms with van der Waals surface area (Å²) in [6.45, 7) is 8.39. The average molecular weight is 316 g/mol. The summed E-state index contributed by atoms with van der Waals surface area (Å²) < 4.78 is 35.6. The molecule has 0 atom stereocenters. The molecule has 1 rings (SSSR count). The molecule has 0 heterocycles. The predicted molar refractivity (Wildman–Crippen MR) is 85.5 cm³/mol. The summed E-state index contributed by atoms with van der Waals surface area (Å²) in [5.41, 5.74) is 1.06. The molecule has 0 N–H and O–H groups in total. The van der Waals surface area contributed by atoms with Crippen LogP contribution in [0.15, 0.2) is 22.6 Å². The predicted octanol–water partition coefficient (Wildman–Crippen LogP) is 3.94. The third-order valence-corrected chi connectivity index (χ3v) is 5.15. The van der Waals surface area contributed by atoms with Gasteiger partial charge >= 0.3 is 0 Å². The number of hydrogen-bond donors (Lipinski definition) is 0. The summed E-state index contributed by atoms with van der Waals surface area (Å²) >= 11 is 0. The molecule has 0 aliphatic heterocycles. The Kier molecular flexibility index (Phi) is 7.63. The molecule has 0 amide bonds. The number of ether oxygens (including phenoxy) is 1. The fraction of sp³-hybridized carbons (Fsp3) is 0.750. The maximum atomic E-state index is 12.3. The second-order valence-corrected chi connectivity index (χ2v) is 7.26. The van der Waals surface area contributed by atoms with Crippen molar-refractivity contribution in [1.82, 2.24) is 0 Å². The van der Waals surface area contributed by atoms with Crippen LogP contribution < -0.4 is 0 Å². The highest BCUT2D eigenvalue weighted by Crippen LogP contribution is 2.27. The van der Waals surface area contributed by atoms with Crippen molar-refractivity contribution in [2.24, 2.45) is 0 Å². The summed E-state index contributed by atoms with van der Waals surface area (Å²) in [4.78, 5) is 0.343. The van der Waals surface area contributed by atoms with Gasteiger partial charge in [0.1, 0.15) is 0 Å². The van der Waals surface area contributed by atoms with Crippen molar-refractivity contribution in [1.29, 1.82) is 0 Å². The van der Waals surface area contributed by atoms with E-state index in [-0.39, 0.29) is 12.2 Å². The molecule has 0 aromatic rings. The SMILES string of the molecule is CCOC1CCC(OS(=O)(=O)/C(=C/C=C(C)C)CC)CC1. The summed E-state index contributed by atoms with van der Waals surface area (Å²) in [6, 6.07) is 0. The van der Waals surface area contributed by atoms with Gasteiger partial charge in [-0.1, -0.05) is 18.6 Å². The summed E-state index contributed by atoms with van der Waals surface area (Å²) in [7, 11) is -3.62. The van der Waals surface area contributed by atoms with Crippen LogP contribution in [0.1, 0.15) is 59.8 Å². The molecule has 4 nitrogen and oxygen atoms in total. The standard InChI is InChI=1S/C16H28O4S/c1-5-16(12-7-13(3)4)21(17,18)20-15-10-8-14(9-11-15)19-6-2/h7,12,14-15H,5-6,8-11H2,1-4H3/b16-12+. The Morgan fingerprint density at radius 3 is 2.10 bits per heavy atom. The zero-order valence-corrected chi connectivity index (χ0v) is 14.4. The van der Waals surface area contributed by atoms with Crippen LogP contribution in [0.4, 0.5) is 0 Å². The Labute approximate surface area is 129 Å². The number of hydrogen-bond acceptors (Lipinski definition) is 4. The van der Waals surface area contributed by atoms with E-state index < -0.39 is 10.1 Å². The number of rotatable bonds is 7. The highest BCUT2D eigenvalue weighted by atomic mass is 32.2. The van der Waals surface area contributed by atoms with E-state index in [0.29, 0.717) is 17.9 Å². The topological polar surface area (TPSA) is 52.6 Å². The minimum absolute atomic E-state index is 0.214. The quantitative estimate of drug-likeness (QED) is 0.527. The van der Waals surface area contributed by atoms with Gasteiger partial charge in [0.05, 0.1) is 17.1 Å². The Hall–Kier alpha value is -0.650. The van der Waals surface area contributed by atoms with Gasteiger partial charge in [0.15, 0.2) is 0 Å². The highest BCUT2D eigenvalue weighted by molar-refractivity contribution is 7.90. The van der Waals surface area contributed by atoms with Crippen LogP contribution in [0.25, 0.3) is 0 Å². The van der Waals surface area contributed by atoms with Crippen molar-refractivity contribution in [3.05, 3.63) is 22.6 Å². The van der Waals surface area contributed by atoms with Gasteiger partial charge in [-0.2, -0.15) is 8.42 Å². The molecule has 0 radical (unpaired) electrons. The molecular formula is C16H28O4S. The maximum absolute atomic E-state index is 12.3. The van der Waals surface area contributed by atoms with Crippen molar-refractivity contribution in [2.45, 2.75) is 72.0 Å². The molecule has 1 saturated carbocycles. The van der Waals surface area contributed by atoms with Gasteiger partial charge in [-0.3, -0.25) is 4.18 Å². The van der Waals surface area contributed by atoms with E-state index >= 15 is 0 Å². The van der Waals surface area contributed by atoms with E-state index in [2.05, 4.69) is 0 Å². The third-order valence-electron chi connectivity index (χ3n) is 3.56. The van der Waals surface area contributed by atoms with E-state index in [1.54, 1.807) is 6.08 Å². The molecule has 1 fully saturated rings. The second-order valence-electron chi connectivity index (χ2n) is 5.63. The molecular weight excluding hydrogens is 288 g/mol. The van der Waals surface area contributed by atoms with Crippen LogP contribution in [-0.2, 0) is 19.0 Å². The van der Waals surface area contributed by atoms with E-state index in [0.717, 1.165) is 31.3 Å². The molecule has 122 valence electrons. The smallest absolute Gasteiger partial charge is 0.293 e. The van der Waals surface area contributed by atoms with Crippen LogP contribution in [0, 0.1) is 0 Å². The molecule has 0 saturated heterocycles.